The Morgan fingerprint density at radius 1 is 1.08 bits per heavy atom. The van der Waals surface area contributed by atoms with Crippen LogP contribution in [-0.4, -0.2) is 37.7 Å². The zero-order chi connectivity index (χ0) is 25.4. The van der Waals surface area contributed by atoms with Gasteiger partial charge < -0.3 is 4.57 Å². The van der Waals surface area contributed by atoms with Crippen molar-refractivity contribution >= 4 is 32.5 Å². The van der Waals surface area contributed by atoms with Crippen molar-refractivity contribution < 1.29 is 8.42 Å². The summed E-state index contributed by atoms with van der Waals surface area (Å²) in [7, 11) is -3.69. The van der Waals surface area contributed by atoms with E-state index in [9.17, 15) is 18.0 Å². The highest BCUT2D eigenvalue weighted by molar-refractivity contribution is 7.91. The van der Waals surface area contributed by atoms with Gasteiger partial charge in [0.2, 0.25) is 10.0 Å². The van der Waals surface area contributed by atoms with Crippen molar-refractivity contribution in [2.75, 3.05) is 0 Å². The molecule has 186 valence electrons. The minimum atomic E-state index is -3.69. The lowest BCUT2D eigenvalue weighted by atomic mass is 10.1. The second-order valence-electron chi connectivity index (χ2n) is 8.24. The molecule has 0 radical (unpaired) electrons. The first kappa shape index (κ1) is 23.9. The first-order chi connectivity index (χ1) is 17.2. The van der Waals surface area contributed by atoms with Gasteiger partial charge in [0.05, 0.1) is 17.7 Å². The maximum Gasteiger partial charge on any atom is 0.330 e. The van der Waals surface area contributed by atoms with E-state index >= 15 is 0 Å². The van der Waals surface area contributed by atoms with E-state index in [2.05, 4.69) is 24.9 Å². The van der Waals surface area contributed by atoms with Crippen LogP contribution >= 0.6 is 11.3 Å². The first-order valence-electron chi connectivity index (χ1n) is 11.1. The molecule has 1 aromatic carbocycles. The van der Waals surface area contributed by atoms with Gasteiger partial charge >= 0.3 is 5.69 Å². The largest absolute Gasteiger partial charge is 0.330 e. The molecule has 0 saturated heterocycles. The summed E-state index contributed by atoms with van der Waals surface area (Å²) < 4.78 is 31.5. The molecule has 0 amide bonds. The molecule has 0 fully saturated rings. The van der Waals surface area contributed by atoms with Crippen LogP contribution in [0.1, 0.15) is 23.7 Å². The number of aromatic amines is 2. The average Bonchev–Trinajstić information content (AvgIpc) is 3.60. The third-order valence-electron chi connectivity index (χ3n) is 5.73. The van der Waals surface area contributed by atoms with Crippen molar-refractivity contribution in [3.8, 4) is 10.6 Å². The van der Waals surface area contributed by atoms with E-state index in [1.165, 1.54) is 10.9 Å². The summed E-state index contributed by atoms with van der Waals surface area (Å²) in [5, 5.41) is 7.02. The van der Waals surface area contributed by atoms with Crippen LogP contribution in [0.25, 0.3) is 21.7 Å². The molecule has 0 saturated carbocycles. The fraction of sp³-hybridized carbons (Fsp3) is 0.217. The number of thiophene rings is 1. The average molecular weight is 526 g/mol. The van der Waals surface area contributed by atoms with Crippen molar-refractivity contribution in [2.24, 2.45) is 0 Å². The summed E-state index contributed by atoms with van der Waals surface area (Å²) in [4.78, 5) is 32.0. The van der Waals surface area contributed by atoms with E-state index in [-0.39, 0.29) is 17.3 Å². The van der Waals surface area contributed by atoms with Gasteiger partial charge in [-0.15, -0.1) is 11.3 Å². The minimum Gasteiger partial charge on any atom is -0.325 e. The Morgan fingerprint density at radius 2 is 1.83 bits per heavy atom. The molecular weight excluding hydrogens is 502 g/mol. The molecule has 13 heteroatoms. The lowest BCUT2D eigenvalue weighted by Gasteiger charge is -2.09. The Hall–Kier alpha value is -3.81. The van der Waals surface area contributed by atoms with Crippen LogP contribution in [0.2, 0.25) is 0 Å². The maximum atomic E-state index is 12.8. The van der Waals surface area contributed by atoms with Crippen molar-refractivity contribution in [1.29, 1.82) is 0 Å². The van der Waals surface area contributed by atoms with Gasteiger partial charge in [-0.1, -0.05) is 24.3 Å². The topological polar surface area (TPSA) is 148 Å². The lowest BCUT2D eigenvalue weighted by molar-refractivity contribution is 0.583. The van der Waals surface area contributed by atoms with Gasteiger partial charge in [-0.05, 0) is 43.2 Å². The molecule has 0 spiro atoms. The predicted molar refractivity (Wildman–Crippen MR) is 136 cm³/mol. The molecule has 0 aliphatic rings. The van der Waals surface area contributed by atoms with Crippen molar-refractivity contribution in [1.82, 2.24) is 34.0 Å². The highest BCUT2D eigenvalue weighted by atomic mass is 32.2. The molecule has 0 aliphatic carbocycles. The molecule has 11 nitrogen and oxygen atoms in total. The van der Waals surface area contributed by atoms with E-state index in [0.29, 0.717) is 23.4 Å². The number of imidazole rings is 1. The number of benzene rings is 1. The van der Waals surface area contributed by atoms with Crippen molar-refractivity contribution in [3.63, 3.8) is 0 Å². The molecule has 0 aliphatic heterocycles. The molecular formula is C23H23N7O4S2. The third kappa shape index (κ3) is 4.55. The van der Waals surface area contributed by atoms with Crippen LogP contribution in [0, 0.1) is 6.92 Å². The van der Waals surface area contributed by atoms with E-state index in [1.807, 2.05) is 32.0 Å². The SMILES string of the molecule is CCn1cnc2c1c(=O)[nH]c(=O)n2Cc1ccc(CNS(=O)(=O)c2ccc(-c3cc(C)[nH]n3)s2)cc1. The molecule has 3 N–H and O–H groups in total. The molecule has 5 aromatic rings. The summed E-state index contributed by atoms with van der Waals surface area (Å²) >= 11 is 1.15. The smallest absolute Gasteiger partial charge is 0.325 e. The van der Waals surface area contributed by atoms with Crippen LogP contribution in [0.3, 0.4) is 0 Å². The van der Waals surface area contributed by atoms with E-state index in [1.54, 1.807) is 28.8 Å². The Labute approximate surface area is 209 Å². The molecule has 0 atom stereocenters. The number of nitrogens with one attached hydrogen (secondary N) is 3. The summed E-state index contributed by atoms with van der Waals surface area (Å²) in [6.45, 7) is 4.65. The minimum absolute atomic E-state index is 0.112. The number of rotatable bonds is 8. The highest BCUT2D eigenvalue weighted by Gasteiger charge is 2.18. The van der Waals surface area contributed by atoms with Gasteiger partial charge in [-0.25, -0.2) is 22.9 Å². The Balaban J connectivity index is 1.29. The van der Waals surface area contributed by atoms with Gasteiger partial charge in [0, 0.05) is 18.8 Å². The molecule has 4 aromatic heterocycles. The number of H-pyrrole nitrogens is 2. The van der Waals surface area contributed by atoms with E-state index in [0.717, 1.165) is 33.0 Å². The van der Waals surface area contributed by atoms with Gasteiger partial charge in [-0.3, -0.25) is 19.4 Å². The van der Waals surface area contributed by atoms with Crippen LogP contribution in [-0.2, 0) is 29.7 Å². The van der Waals surface area contributed by atoms with Crippen LogP contribution in [0.4, 0.5) is 0 Å². The molecule has 4 heterocycles. The van der Waals surface area contributed by atoms with Crippen molar-refractivity contribution in [3.05, 3.63) is 86.5 Å². The molecule has 36 heavy (non-hydrogen) atoms. The van der Waals surface area contributed by atoms with Gasteiger partial charge in [0.1, 0.15) is 9.90 Å². The van der Waals surface area contributed by atoms with Gasteiger partial charge in [0.15, 0.2) is 11.2 Å². The van der Waals surface area contributed by atoms with Crippen LogP contribution < -0.4 is 16.0 Å². The van der Waals surface area contributed by atoms with E-state index in [4.69, 9.17) is 0 Å². The monoisotopic (exact) mass is 525 g/mol. The molecule has 5 rings (SSSR count). The Kier molecular flexibility index (Phi) is 6.20. The van der Waals surface area contributed by atoms with Crippen LogP contribution in [0.5, 0.6) is 0 Å². The van der Waals surface area contributed by atoms with Gasteiger partial charge in [-0.2, -0.15) is 5.10 Å². The van der Waals surface area contributed by atoms with Crippen molar-refractivity contribution in [2.45, 2.75) is 37.7 Å². The molecule has 0 unspecified atom stereocenters. The summed E-state index contributed by atoms with van der Waals surface area (Å²) in [6, 6.07) is 12.4. The highest BCUT2D eigenvalue weighted by Crippen LogP contribution is 2.29. The number of nitrogens with zero attached hydrogens (tertiary/aromatic N) is 4. The lowest BCUT2D eigenvalue weighted by Crippen LogP contribution is -2.31. The molecule has 0 bridgehead atoms. The second-order valence-corrected chi connectivity index (χ2v) is 11.3. The summed E-state index contributed by atoms with van der Waals surface area (Å²) in [6.07, 6.45) is 1.54. The first-order valence-corrected chi connectivity index (χ1v) is 13.4. The Morgan fingerprint density at radius 3 is 2.53 bits per heavy atom. The number of fused-ring (bicyclic) bond motifs is 1. The number of sulfonamides is 1. The number of hydrogen-bond acceptors (Lipinski definition) is 7. The van der Waals surface area contributed by atoms with Gasteiger partial charge in [0.25, 0.3) is 5.56 Å². The van der Waals surface area contributed by atoms with E-state index < -0.39 is 21.3 Å². The third-order valence-corrected chi connectivity index (χ3v) is 8.73. The fourth-order valence-electron chi connectivity index (χ4n) is 3.85. The second kappa shape index (κ2) is 9.33. The summed E-state index contributed by atoms with van der Waals surface area (Å²) in [5.74, 6) is 0. The normalized spacial score (nSPS) is 11.9. The number of hydrogen-bond donors (Lipinski definition) is 3. The number of aromatic nitrogens is 6. The zero-order valence-corrected chi connectivity index (χ0v) is 21.1. The Bertz CT molecular complexity index is 1770. The standard InChI is InChI=1S/C23H23N7O4S2/c1-3-29-13-24-21-20(29)22(31)26-23(32)30(21)12-16-6-4-15(5-7-16)11-25-36(33,34)19-9-8-18(35-19)17-10-14(2)27-28-17/h4-10,13,25H,3,11-12H2,1-2H3,(H,27,28)(H,26,31,32). The quantitative estimate of drug-likeness (QED) is 0.283. The maximum absolute atomic E-state index is 12.8. The number of aryl methyl sites for hydroxylation is 2. The summed E-state index contributed by atoms with van der Waals surface area (Å²) in [5.41, 5.74) is 2.84. The fourth-order valence-corrected chi connectivity index (χ4v) is 6.18. The van der Waals surface area contributed by atoms with Crippen LogP contribution in [0.15, 0.2) is 62.6 Å². The zero-order valence-electron chi connectivity index (χ0n) is 19.5. The predicted octanol–water partition coefficient (Wildman–Crippen LogP) is 2.19.